The van der Waals surface area contributed by atoms with Crippen LogP contribution >= 0.6 is 7.60 Å². The van der Waals surface area contributed by atoms with Crippen LogP contribution in [0.25, 0.3) is 22.4 Å². The van der Waals surface area contributed by atoms with E-state index in [1.807, 2.05) is 6.92 Å². The molecule has 1 aromatic heterocycles. The third-order valence-electron chi connectivity index (χ3n) is 7.25. The van der Waals surface area contributed by atoms with Crippen LogP contribution in [0.2, 0.25) is 0 Å². The molecule has 2 aromatic carbocycles. The number of ether oxygens (including phenoxy) is 1. The van der Waals surface area contributed by atoms with E-state index in [1.54, 1.807) is 30.3 Å². The number of hydrogen-bond donors (Lipinski definition) is 3. The van der Waals surface area contributed by atoms with Crippen LogP contribution in [0.1, 0.15) is 35.8 Å². The molecule has 46 heavy (non-hydrogen) atoms. The summed E-state index contributed by atoms with van der Waals surface area (Å²) in [7, 11) is -4.83. The number of aromatic nitrogens is 1. The Hall–Kier alpha value is -4.26. The van der Waals surface area contributed by atoms with Crippen LogP contribution in [0.4, 0.5) is 18.0 Å². The van der Waals surface area contributed by atoms with E-state index in [2.05, 4.69) is 10.3 Å². The number of carbonyl (C=O) groups is 3. The number of benzene rings is 2. The summed E-state index contributed by atoms with van der Waals surface area (Å²) in [6.07, 6.45) is -4.60. The highest BCUT2D eigenvalue weighted by atomic mass is 31.2. The Kier molecular flexibility index (Phi) is 11.2. The smallest absolute Gasteiger partial charge is 0.416 e. The van der Waals surface area contributed by atoms with Gasteiger partial charge in [0.2, 0.25) is 5.91 Å². The fourth-order valence-electron chi connectivity index (χ4n) is 4.83. The Balaban J connectivity index is 1.60. The van der Waals surface area contributed by atoms with Gasteiger partial charge in [-0.05, 0) is 41.8 Å². The highest BCUT2D eigenvalue weighted by Gasteiger charge is 2.35. The summed E-state index contributed by atoms with van der Waals surface area (Å²) in [5.74, 6) is -1.73. The number of halogens is 3. The normalized spacial score (nSPS) is 14.5. The molecule has 0 radical (unpaired) electrons. The van der Waals surface area contributed by atoms with Crippen molar-refractivity contribution in [1.82, 2.24) is 20.1 Å². The highest BCUT2D eigenvalue weighted by molar-refractivity contribution is 7.51. The summed E-state index contributed by atoms with van der Waals surface area (Å²) in [6.45, 7) is 2.53. The van der Waals surface area contributed by atoms with Crippen molar-refractivity contribution in [2.75, 3.05) is 38.9 Å². The van der Waals surface area contributed by atoms with Crippen LogP contribution in [0.15, 0.2) is 66.7 Å². The average molecular weight is 663 g/mol. The van der Waals surface area contributed by atoms with Crippen molar-refractivity contribution in [3.63, 3.8) is 0 Å². The van der Waals surface area contributed by atoms with Crippen molar-refractivity contribution in [3.05, 3.63) is 78.0 Å². The number of nitrogens with one attached hydrogen (secondary N) is 1. The van der Waals surface area contributed by atoms with E-state index in [9.17, 15) is 41.9 Å². The average Bonchev–Trinajstić information content (AvgIpc) is 3.03. The summed E-state index contributed by atoms with van der Waals surface area (Å²) >= 11 is 0. The lowest BCUT2D eigenvalue weighted by Crippen LogP contribution is -2.56. The Labute approximate surface area is 263 Å². The van der Waals surface area contributed by atoms with E-state index < -0.39 is 49.4 Å². The van der Waals surface area contributed by atoms with Crippen LogP contribution in [0.5, 0.6) is 0 Å². The van der Waals surface area contributed by atoms with Crippen molar-refractivity contribution in [2.45, 2.75) is 32.0 Å². The maximum absolute atomic E-state index is 13.5. The molecule has 1 unspecified atom stereocenters. The molecule has 3 N–H and O–H groups in total. The number of pyridine rings is 1. The maximum Gasteiger partial charge on any atom is 0.416 e. The molecule has 15 heteroatoms. The Morgan fingerprint density at radius 2 is 1.59 bits per heavy atom. The topological polar surface area (TPSA) is 149 Å². The van der Waals surface area contributed by atoms with Gasteiger partial charge in [0.05, 0.1) is 24.0 Å². The second-order valence-corrected chi connectivity index (χ2v) is 12.4. The number of piperazine rings is 1. The molecule has 1 aliphatic rings. The number of rotatable bonds is 10. The van der Waals surface area contributed by atoms with Crippen molar-refractivity contribution >= 4 is 25.5 Å². The lowest BCUT2D eigenvalue weighted by Gasteiger charge is -2.36. The van der Waals surface area contributed by atoms with Gasteiger partial charge in [0.1, 0.15) is 11.7 Å². The Morgan fingerprint density at radius 1 is 0.935 bits per heavy atom. The monoisotopic (exact) mass is 662 g/mol. The first-order valence-corrected chi connectivity index (χ1v) is 16.4. The molecule has 0 spiro atoms. The number of unbranched alkanes of at least 4 members (excludes halogenated alkanes) is 1. The van der Waals surface area contributed by atoms with Gasteiger partial charge in [0, 0.05) is 31.7 Å². The molecule has 1 aliphatic heterocycles. The molecule has 4 rings (SSSR count). The third-order valence-corrected chi connectivity index (χ3v) is 8.09. The standard InChI is InChI=1S/C31H34F3N4O7P/c1-2-3-16-45-30(41)38-14-12-37(13-15-38)29(40)27(20-46(42,43)44)36-28(39)26-19-23(21-8-5-4-6-9-21)18-25(35-26)22-10-7-11-24(17-22)31(32,33)34/h4-11,17-19,27H,2-3,12-16,20H2,1H3,(H,36,39)(H2,42,43,44). The summed E-state index contributed by atoms with van der Waals surface area (Å²) in [5, 5.41) is 2.38. The van der Waals surface area contributed by atoms with Gasteiger partial charge in [-0.2, -0.15) is 13.2 Å². The maximum atomic E-state index is 13.5. The quantitative estimate of drug-likeness (QED) is 0.207. The third kappa shape index (κ3) is 9.38. The molecule has 3 amide bonds. The van der Waals surface area contributed by atoms with Crippen LogP contribution < -0.4 is 5.32 Å². The van der Waals surface area contributed by atoms with E-state index in [0.717, 1.165) is 18.6 Å². The van der Waals surface area contributed by atoms with Crippen molar-refractivity contribution in [3.8, 4) is 22.4 Å². The zero-order valence-electron chi connectivity index (χ0n) is 24.9. The fraction of sp³-hybridized carbons (Fsp3) is 0.355. The van der Waals surface area contributed by atoms with Crippen molar-refractivity contribution < 1.29 is 46.6 Å². The minimum atomic E-state index is -4.83. The van der Waals surface area contributed by atoms with E-state index in [0.29, 0.717) is 17.5 Å². The molecular formula is C31H34F3N4O7P. The zero-order chi connectivity index (χ0) is 33.5. The largest absolute Gasteiger partial charge is 0.449 e. The first-order chi connectivity index (χ1) is 21.7. The molecule has 11 nitrogen and oxygen atoms in total. The minimum Gasteiger partial charge on any atom is -0.449 e. The van der Waals surface area contributed by atoms with Crippen molar-refractivity contribution in [2.24, 2.45) is 0 Å². The molecule has 1 saturated heterocycles. The molecular weight excluding hydrogens is 628 g/mol. The van der Waals surface area contributed by atoms with E-state index in [-0.39, 0.29) is 49.7 Å². The predicted octanol–water partition coefficient (Wildman–Crippen LogP) is 4.79. The van der Waals surface area contributed by atoms with Crippen LogP contribution in [-0.4, -0.2) is 87.5 Å². The van der Waals surface area contributed by atoms with Gasteiger partial charge in [-0.15, -0.1) is 0 Å². The summed E-state index contributed by atoms with van der Waals surface area (Å²) in [4.78, 5) is 65.7. The fourth-order valence-corrected chi connectivity index (χ4v) is 5.55. The summed E-state index contributed by atoms with van der Waals surface area (Å²) in [6, 6.07) is 14.4. The molecule has 3 aromatic rings. The number of nitrogens with zero attached hydrogens (tertiary/aromatic N) is 3. The first-order valence-electron chi connectivity index (χ1n) is 14.6. The SMILES string of the molecule is CCCCOC(=O)N1CCN(C(=O)C(CP(=O)(O)O)NC(=O)c2cc(-c3ccccc3)cc(-c3cccc(C(F)(F)F)c3)n2)CC1. The van der Waals surface area contributed by atoms with Crippen molar-refractivity contribution in [1.29, 1.82) is 0 Å². The molecule has 1 fully saturated rings. The molecule has 0 aliphatic carbocycles. The predicted molar refractivity (Wildman–Crippen MR) is 163 cm³/mol. The number of amides is 3. The second kappa shape index (κ2) is 14.9. The van der Waals surface area contributed by atoms with Gasteiger partial charge >= 0.3 is 19.9 Å². The van der Waals surface area contributed by atoms with Crippen LogP contribution in [0.3, 0.4) is 0 Å². The zero-order valence-corrected chi connectivity index (χ0v) is 25.8. The minimum absolute atomic E-state index is 0.0384. The molecule has 0 bridgehead atoms. The second-order valence-electron chi connectivity index (χ2n) is 10.7. The van der Waals surface area contributed by atoms with Crippen LogP contribution in [-0.2, 0) is 20.3 Å². The van der Waals surface area contributed by atoms with Gasteiger partial charge in [0.25, 0.3) is 5.91 Å². The number of carbonyl (C=O) groups excluding carboxylic acids is 3. The number of alkyl halides is 3. The van der Waals surface area contributed by atoms with Gasteiger partial charge in [-0.25, -0.2) is 9.78 Å². The molecule has 246 valence electrons. The van der Waals surface area contributed by atoms with Gasteiger partial charge in [-0.1, -0.05) is 55.8 Å². The summed E-state index contributed by atoms with van der Waals surface area (Å²) in [5.41, 5.74) is -0.0106. The van der Waals surface area contributed by atoms with E-state index in [4.69, 9.17) is 4.74 Å². The Bertz CT molecular complexity index is 1590. The van der Waals surface area contributed by atoms with E-state index in [1.165, 1.54) is 34.1 Å². The number of hydrogen-bond acceptors (Lipinski definition) is 6. The lowest BCUT2D eigenvalue weighted by molar-refractivity contribution is -0.137. The van der Waals surface area contributed by atoms with Gasteiger partial charge < -0.3 is 29.6 Å². The molecule has 0 saturated carbocycles. The summed E-state index contributed by atoms with van der Waals surface area (Å²) < 4.78 is 57.6. The first kappa shape index (κ1) is 34.6. The lowest BCUT2D eigenvalue weighted by atomic mass is 10.0. The molecule has 2 heterocycles. The van der Waals surface area contributed by atoms with Gasteiger partial charge in [-0.3, -0.25) is 14.2 Å². The van der Waals surface area contributed by atoms with Crippen LogP contribution in [0, 0.1) is 0 Å². The Morgan fingerprint density at radius 3 is 2.22 bits per heavy atom. The van der Waals surface area contributed by atoms with E-state index >= 15 is 0 Å². The van der Waals surface area contributed by atoms with Gasteiger partial charge in [0.15, 0.2) is 0 Å². The molecule has 1 atom stereocenters. The highest BCUT2D eigenvalue weighted by Crippen LogP contribution is 2.36.